The number of carbonyl (C=O) groups is 1. The lowest BCUT2D eigenvalue weighted by molar-refractivity contribution is 0.0696. The van der Waals surface area contributed by atoms with Crippen LogP contribution in [0.3, 0.4) is 0 Å². The summed E-state index contributed by atoms with van der Waals surface area (Å²) in [6.45, 7) is 3.20. The van der Waals surface area contributed by atoms with Crippen molar-refractivity contribution < 1.29 is 14.6 Å². The molecule has 1 aromatic carbocycles. The second kappa shape index (κ2) is 4.47. The first-order valence-electron chi connectivity index (χ1n) is 5.70. The molecule has 0 amide bonds. The Hall–Kier alpha value is -1.39. The summed E-state index contributed by atoms with van der Waals surface area (Å²) < 4.78 is 5.44. The summed E-state index contributed by atoms with van der Waals surface area (Å²) in [5.41, 5.74) is 2.08. The molecule has 92 valence electrons. The SMILES string of the molecule is CNC1(c2ccc(C(=O)O)c(C)c2)CCOC1. The van der Waals surface area contributed by atoms with Crippen molar-refractivity contribution in [2.45, 2.75) is 18.9 Å². The van der Waals surface area contributed by atoms with Crippen molar-refractivity contribution in [3.63, 3.8) is 0 Å². The number of nitrogens with one attached hydrogen (secondary N) is 1. The predicted octanol–water partition coefficient (Wildman–Crippen LogP) is 1.53. The van der Waals surface area contributed by atoms with Crippen LogP contribution >= 0.6 is 0 Å². The molecule has 1 aromatic rings. The maximum absolute atomic E-state index is 11.0. The monoisotopic (exact) mass is 235 g/mol. The minimum Gasteiger partial charge on any atom is -0.478 e. The van der Waals surface area contributed by atoms with Gasteiger partial charge in [-0.1, -0.05) is 12.1 Å². The van der Waals surface area contributed by atoms with E-state index < -0.39 is 5.97 Å². The van der Waals surface area contributed by atoms with Crippen molar-refractivity contribution in [1.29, 1.82) is 0 Å². The largest absolute Gasteiger partial charge is 0.478 e. The number of carboxylic acids is 1. The average Bonchev–Trinajstić information content (AvgIpc) is 2.78. The Kier molecular flexibility index (Phi) is 3.17. The van der Waals surface area contributed by atoms with E-state index in [1.54, 1.807) is 6.07 Å². The van der Waals surface area contributed by atoms with Crippen LogP contribution in [0.25, 0.3) is 0 Å². The van der Waals surface area contributed by atoms with E-state index in [-0.39, 0.29) is 5.54 Å². The predicted molar refractivity (Wildman–Crippen MR) is 64.3 cm³/mol. The highest BCUT2D eigenvalue weighted by Gasteiger charge is 2.35. The number of carboxylic acid groups (broad SMARTS) is 1. The van der Waals surface area contributed by atoms with Gasteiger partial charge in [-0.25, -0.2) is 4.79 Å². The summed E-state index contributed by atoms with van der Waals surface area (Å²) in [6.07, 6.45) is 0.912. The van der Waals surface area contributed by atoms with Gasteiger partial charge in [0.1, 0.15) is 0 Å². The first-order chi connectivity index (χ1) is 8.09. The Morgan fingerprint density at radius 3 is 2.76 bits per heavy atom. The molecule has 1 unspecified atom stereocenters. The highest BCUT2D eigenvalue weighted by Crippen LogP contribution is 2.31. The second-order valence-electron chi connectivity index (χ2n) is 4.47. The Bertz CT molecular complexity index is 436. The molecule has 0 aliphatic carbocycles. The first kappa shape index (κ1) is 12.1. The third-order valence-electron chi connectivity index (χ3n) is 3.51. The smallest absolute Gasteiger partial charge is 0.335 e. The second-order valence-corrected chi connectivity index (χ2v) is 4.47. The topological polar surface area (TPSA) is 58.6 Å². The number of ether oxygens (including phenoxy) is 1. The lowest BCUT2D eigenvalue weighted by Crippen LogP contribution is -2.40. The zero-order chi connectivity index (χ0) is 12.5. The highest BCUT2D eigenvalue weighted by atomic mass is 16.5. The summed E-state index contributed by atoms with van der Waals surface area (Å²) in [5, 5.41) is 12.3. The molecule has 2 N–H and O–H groups in total. The van der Waals surface area contributed by atoms with Crippen molar-refractivity contribution in [2.75, 3.05) is 20.3 Å². The fourth-order valence-electron chi connectivity index (χ4n) is 2.34. The molecule has 4 heteroatoms. The molecule has 0 radical (unpaired) electrons. The van der Waals surface area contributed by atoms with E-state index in [0.717, 1.165) is 24.2 Å². The van der Waals surface area contributed by atoms with Crippen LogP contribution < -0.4 is 5.32 Å². The molecular weight excluding hydrogens is 218 g/mol. The Balaban J connectivity index is 2.40. The van der Waals surface area contributed by atoms with Crippen LogP contribution in [0.1, 0.15) is 27.9 Å². The summed E-state index contributed by atoms with van der Waals surface area (Å²) >= 11 is 0. The number of rotatable bonds is 3. The Morgan fingerprint density at radius 2 is 2.29 bits per heavy atom. The van der Waals surface area contributed by atoms with E-state index in [0.29, 0.717) is 12.2 Å². The molecule has 1 heterocycles. The van der Waals surface area contributed by atoms with Gasteiger partial charge in [0, 0.05) is 6.61 Å². The molecule has 1 saturated heterocycles. The molecular formula is C13H17NO3. The first-order valence-corrected chi connectivity index (χ1v) is 5.70. The number of aryl methyl sites for hydroxylation is 1. The summed E-state index contributed by atoms with van der Waals surface area (Å²) in [5.74, 6) is -0.879. The van der Waals surface area contributed by atoms with Gasteiger partial charge in [-0.05, 0) is 37.6 Å². The normalized spacial score (nSPS) is 23.9. The highest BCUT2D eigenvalue weighted by molar-refractivity contribution is 5.89. The van der Waals surface area contributed by atoms with Gasteiger partial charge in [-0.2, -0.15) is 0 Å². The van der Waals surface area contributed by atoms with E-state index >= 15 is 0 Å². The van der Waals surface area contributed by atoms with Crippen LogP contribution in [-0.2, 0) is 10.3 Å². The third kappa shape index (κ3) is 2.06. The molecule has 1 fully saturated rings. The number of likely N-dealkylation sites (N-methyl/N-ethyl adjacent to an activating group) is 1. The molecule has 0 saturated carbocycles. The molecule has 0 bridgehead atoms. The van der Waals surface area contributed by atoms with E-state index in [1.807, 2.05) is 26.1 Å². The fraction of sp³-hybridized carbons (Fsp3) is 0.462. The quantitative estimate of drug-likeness (QED) is 0.834. The van der Waals surface area contributed by atoms with Crippen LogP contribution in [0.15, 0.2) is 18.2 Å². The van der Waals surface area contributed by atoms with Crippen LogP contribution in [0.2, 0.25) is 0 Å². The van der Waals surface area contributed by atoms with Crippen LogP contribution in [-0.4, -0.2) is 31.3 Å². The summed E-state index contributed by atoms with van der Waals surface area (Å²) in [4.78, 5) is 11.0. The van der Waals surface area contributed by atoms with Gasteiger partial charge < -0.3 is 15.2 Å². The van der Waals surface area contributed by atoms with E-state index in [2.05, 4.69) is 5.32 Å². The average molecular weight is 235 g/mol. The molecule has 0 aromatic heterocycles. The van der Waals surface area contributed by atoms with Gasteiger partial charge in [0.15, 0.2) is 0 Å². The third-order valence-corrected chi connectivity index (χ3v) is 3.51. The van der Waals surface area contributed by atoms with E-state index in [4.69, 9.17) is 9.84 Å². The minimum atomic E-state index is -0.879. The molecule has 17 heavy (non-hydrogen) atoms. The number of aromatic carboxylic acids is 1. The van der Waals surface area contributed by atoms with Crippen molar-refractivity contribution in [3.8, 4) is 0 Å². The molecule has 1 aliphatic heterocycles. The fourth-order valence-corrected chi connectivity index (χ4v) is 2.34. The van der Waals surface area contributed by atoms with Gasteiger partial charge in [0.25, 0.3) is 0 Å². The van der Waals surface area contributed by atoms with E-state index in [1.165, 1.54) is 0 Å². The number of benzene rings is 1. The van der Waals surface area contributed by atoms with Crippen LogP contribution in [0.5, 0.6) is 0 Å². The van der Waals surface area contributed by atoms with Gasteiger partial charge in [-0.3, -0.25) is 0 Å². The molecule has 1 atom stereocenters. The van der Waals surface area contributed by atoms with Gasteiger partial charge >= 0.3 is 5.97 Å². The summed E-state index contributed by atoms with van der Waals surface area (Å²) in [6, 6.07) is 5.49. The van der Waals surface area contributed by atoms with Crippen molar-refractivity contribution in [2.24, 2.45) is 0 Å². The van der Waals surface area contributed by atoms with Gasteiger partial charge in [0.2, 0.25) is 0 Å². The zero-order valence-corrected chi connectivity index (χ0v) is 10.1. The Morgan fingerprint density at radius 1 is 1.53 bits per heavy atom. The van der Waals surface area contributed by atoms with Crippen molar-refractivity contribution in [3.05, 3.63) is 34.9 Å². The summed E-state index contributed by atoms with van der Waals surface area (Å²) in [7, 11) is 1.91. The zero-order valence-electron chi connectivity index (χ0n) is 10.1. The van der Waals surface area contributed by atoms with Gasteiger partial charge in [-0.15, -0.1) is 0 Å². The molecule has 4 nitrogen and oxygen atoms in total. The number of hydrogen-bond donors (Lipinski definition) is 2. The lowest BCUT2D eigenvalue weighted by Gasteiger charge is -2.28. The maximum Gasteiger partial charge on any atom is 0.335 e. The van der Waals surface area contributed by atoms with Crippen molar-refractivity contribution >= 4 is 5.97 Å². The Labute approximate surface area is 101 Å². The minimum absolute atomic E-state index is 0.165. The number of hydrogen-bond acceptors (Lipinski definition) is 3. The molecule has 1 aliphatic rings. The van der Waals surface area contributed by atoms with Crippen LogP contribution in [0.4, 0.5) is 0 Å². The van der Waals surface area contributed by atoms with Crippen LogP contribution in [0, 0.1) is 6.92 Å². The lowest BCUT2D eigenvalue weighted by atomic mass is 9.87. The maximum atomic E-state index is 11.0. The molecule has 2 rings (SSSR count). The molecule has 0 spiro atoms. The van der Waals surface area contributed by atoms with Gasteiger partial charge in [0.05, 0.1) is 17.7 Å². The van der Waals surface area contributed by atoms with Crippen molar-refractivity contribution in [1.82, 2.24) is 5.32 Å². The van der Waals surface area contributed by atoms with E-state index in [9.17, 15) is 4.79 Å². The standard InChI is InChI=1S/C13H17NO3/c1-9-7-10(3-4-11(9)12(15)16)13(14-2)5-6-17-8-13/h3-4,7,14H,5-6,8H2,1-2H3,(H,15,16).